The average Bonchev–Trinajstić information content (AvgIpc) is 0. The maximum atomic E-state index is 0. The van der Waals surface area contributed by atoms with Crippen LogP contribution in [0.2, 0.25) is 0 Å². The smallest absolute Gasteiger partial charge is 0.187 e. The SMILES string of the molecule is N.O.O.O.O.O.O.O.O.O.O.O.O.[AlH3]. The van der Waals surface area contributed by atoms with Gasteiger partial charge in [-0.15, -0.1) is 0 Å². The maximum absolute atomic E-state index is 0. The van der Waals surface area contributed by atoms with Gasteiger partial charge >= 0.3 is 0 Å². The molecule has 0 fully saturated rings. The van der Waals surface area contributed by atoms with Crippen molar-refractivity contribution in [2.45, 2.75) is 0 Å². The third-order valence-corrected chi connectivity index (χ3v) is 0. The van der Waals surface area contributed by atoms with Gasteiger partial charge < -0.3 is 71.9 Å². The van der Waals surface area contributed by atoms with Crippen molar-refractivity contribution < 1.29 is 65.7 Å². The van der Waals surface area contributed by atoms with Gasteiger partial charge in [0.15, 0.2) is 17.4 Å². The molecular weight excluding hydrogens is 233 g/mol. The lowest BCUT2D eigenvalue weighted by Crippen LogP contribution is -0.481. The van der Waals surface area contributed by atoms with E-state index in [1.165, 1.54) is 0 Å². The highest BCUT2D eigenvalue weighted by atomic mass is 27.0. The topological polar surface area (TPSA) is 413 Å². The van der Waals surface area contributed by atoms with Crippen LogP contribution in [0.3, 0.4) is 0 Å². The van der Waals surface area contributed by atoms with Gasteiger partial charge in [0, 0.05) is 0 Å². The summed E-state index contributed by atoms with van der Waals surface area (Å²) in [5, 5.41) is 0. The Morgan fingerprint density at radius 1 is 0.214 bits per heavy atom. The molecule has 0 aliphatic rings. The molecule has 0 radical (unpaired) electrons. The van der Waals surface area contributed by atoms with Crippen LogP contribution in [-0.2, 0) is 0 Å². The van der Waals surface area contributed by atoms with E-state index in [1.807, 2.05) is 0 Å². The standard InChI is InChI=1S/Al.H3N.12H2O.3H/h;1H3;12*1H2;;;. The van der Waals surface area contributed by atoms with Crippen LogP contribution in [0.1, 0.15) is 0 Å². The normalized spacial score (nSPS) is 0. The summed E-state index contributed by atoms with van der Waals surface area (Å²) in [5.74, 6) is 0. The molecule has 27 N–H and O–H groups in total. The first-order valence-corrected chi connectivity index (χ1v) is 0. The van der Waals surface area contributed by atoms with Crippen molar-refractivity contribution >= 4 is 17.4 Å². The molecule has 0 rings (SSSR count). The fourth-order valence-electron chi connectivity index (χ4n) is 0. The molecule has 0 saturated heterocycles. The summed E-state index contributed by atoms with van der Waals surface area (Å²) >= 11 is 0. The van der Waals surface area contributed by atoms with Crippen LogP contribution in [0.25, 0.3) is 0 Å². The van der Waals surface area contributed by atoms with Crippen LogP contribution in [0, 0.1) is 0 Å². The lowest BCUT2D eigenvalue weighted by Gasteiger charge is -0.413. The zero-order chi connectivity index (χ0) is 0. The lowest BCUT2D eigenvalue weighted by molar-refractivity contribution is 0.823. The summed E-state index contributed by atoms with van der Waals surface area (Å²) in [5.41, 5.74) is 0. The van der Waals surface area contributed by atoms with Crippen molar-refractivity contribution in [3.05, 3.63) is 0 Å². The zero-order valence-electron chi connectivity index (χ0n) is 6.71. The summed E-state index contributed by atoms with van der Waals surface area (Å²) in [4.78, 5) is 0. The Morgan fingerprint density at radius 3 is 0.214 bits per heavy atom. The van der Waals surface area contributed by atoms with E-state index in [0.29, 0.717) is 0 Å². The van der Waals surface area contributed by atoms with Gasteiger partial charge in [0.25, 0.3) is 0 Å². The minimum absolute atomic E-state index is 0. The molecule has 0 amide bonds. The molecule has 0 aromatic rings. The molecule has 0 heterocycles. The van der Waals surface area contributed by atoms with Gasteiger partial charge in [0.1, 0.15) is 0 Å². The summed E-state index contributed by atoms with van der Waals surface area (Å²) in [6, 6.07) is 0. The molecule has 110 valence electrons. The van der Waals surface area contributed by atoms with E-state index in [4.69, 9.17) is 0 Å². The van der Waals surface area contributed by atoms with Crippen LogP contribution in [0.15, 0.2) is 0 Å². The number of hydrogen-bond acceptors (Lipinski definition) is 1. The van der Waals surface area contributed by atoms with E-state index in [1.54, 1.807) is 0 Å². The molecular formula is H30AlNO12. The van der Waals surface area contributed by atoms with Gasteiger partial charge in [0.2, 0.25) is 0 Å². The van der Waals surface area contributed by atoms with Gasteiger partial charge in [0.05, 0.1) is 0 Å². The lowest BCUT2D eigenvalue weighted by atomic mass is 14.0. The van der Waals surface area contributed by atoms with Gasteiger partial charge in [-0.25, -0.2) is 0 Å². The van der Waals surface area contributed by atoms with E-state index in [0.717, 1.165) is 0 Å². The highest BCUT2D eigenvalue weighted by Crippen LogP contribution is -0.278. The number of hydrogen-bond donors (Lipinski definition) is 1. The Kier molecular flexibility index (Phi) is 13200000000000. The van der Waals surface area contributed by atoms with E-state index in [-0.39, 0.29) is 89.2 Å². The molecule has 0 saturated carbocycles. The quantitative estimate of drug-likeness (QED) is 0.408. The van der Waals surface area contributed by atoms with E-state index in [9.17, 15) is 0 Å². The Hall–Kier alpha value is 0.0125. The van der Waals surface area contributed by atoms with Gasteiger partial charge in [-0.2, -0.15) is 0 Å². The third kappa shape index (κ3) is 9370000. The van der Waals surface area contributed by atoms with Crippen molar-refractivity contribution in [2.24, 2.45) is 0 Å². The van der Waals surface area contributed by atoms with Crippen molar-refractivity contribution in [2.75, 3.05) is 0 Å². The second-order valence-corrected chi connectivity index (χ2v) is 0. The minimum Gasteiger partial charge on any atom is -0.412 e. The maximum Gasteiger partial charge on any atom is 0.187 e. The molecule has 0 spiro atoms. The summed E-state index contributed by atoms with van der Waals surface area (Å²) in [7, 11) is 0. The van der Waals surface area contributed by atoms with Crippen molar-refractivity contribution in [3.63, 3.8) is 0 Å². The summed E-state index contributed by atoms with van der Waals surface area (Å²) in [6.07, 6.45) is 0. The molecule has 0 bridgehead atoms. The van der Waals surface area contributed by atoms with Crippen molar-refractivity contribution in [3.8, 4) is 0 Å². The first-order valence-electron chi connectivity index (χ1n) is 0. The molecule has 14 heavy (non-hydrogen) atoms. The molecule has 0 aliphatic carbocycles. The number of rotatable bonds is 0. The predicted octanol–water partition coefficient (Wildman–Crippen LogP) is -10.9. The zero-order valence-corrected chi connectivity index (χ0v) is 6.71. The highest BCUT2D eigenvalue weighted by Gasteiger charge is 0.187. The minimum atomic E-state index is 0. The Morgan fingerprint density at radius 2 is 0.214 bits per heavy atom. The van der Waals surface area contributed by atoms with Crippen molar-refractivity contribution in [1.82, 2.24) is 6.15 Å². The fraction of sp³-hybridized carbons (Fsp3) is 0. The largest absolute Gasteiger partial charge is 0.412 e. The highest BCUT2D eigenvalue weighted by molar-refractivity contribution is 5.75. The molecule has 14 heteroatoms. The van der Waals surface area contributed by atoms with Gasteiger partial charge in [-0.3, -0.25) is 0 Å². The molecule has 0 atom stereocenters. The molecule has 0 aromatic carbocycles. The third-order valence-electron chi connectivity index (χ3n) is 0. The van der Waals surface area contributed by atoms with E-state index >= 15 is 0 Å². The van der Waals surface area contributed by atoms with Crippen LogP contribution in [0.5, 0.6) is 0 Å². The van der Waals surface area contributed by atoms with Crippen LogP contribution < -0.4 is 6.15 Å². The van der Waals surface area contributed by atoms with Gasteiger partial charge in [-0.1, -0.05) is 0 Å². The van der Waals surface area contributed by atoms with E-state index in [2.05, 4.69) is 0 Å². The van der Waals surface area contributed by atoms with Gasteiger partial charge in [-0.05, 0) is 0 Å². The Labute approximate surface area is 90.1 Å². The summed E-state index contributed by atoms with van der Waals surface area (Å²) in [6.45, 7) is 0. The molecule has 0 aromatic heterocycles. The fourth-order valence-corrected chi connectivity index (χ4v) is 0. The van der Waals surface area contributed by atoms with Crippen LogP contribution in [-0.4, -0.2) is 83.1 Å². The predicted molar refractivity (Wildman–Crippen MR) is 58.3 cm³/mol. The first-order chi connectivity index (χ1) is 0. The second-order valence-electron chi connectivity index (χ2n) is 0. The van der Waals surface area contributed by atoms with E-state index < -0.39 is 0 Å². The molecule has 0 unspecified atom stereocenters. The molecule has 0 aliphatic heterocycles. The van der Waals surface area contributed by atoms with Crippen LogP contribution in [0.4, 0.5) is 0 Å². The summed E-state index contributed by atoms with van der Waals surface area (Å²) < 4.78 is 0. The Balaban J connectivity index is 0. The van der Waals surface area contributed by atoms with Crippen molar-refractivity contribution in [1.29, 1.82) is 0 Å². The Bertz CT molecular complexity index is 10.3. The monoisotopic (exact) mass is 263 g/mol. The average molecular weight is 263 g/mol. The van der Waals surface area contributed by atoms with Crippen LogP contribution >= 0.6 is 0 Å². The first kappa shape index (κ1) is 15300000. The molecule has 13 nitrogen and oxygen atoms in total. The second kappa shape index (κ2) is 12100000.